The number of nitrogens with zero attached hydrogens (tertiary/aromatic N) is 1. The van der Waals surface area contributed by atoms with Crippen LogP contribution in [0, 0.1) is 15.9 Å². The van der Waals surface area contributed by atoms with Gasteiger partial charge in [0.15, 0.2) is 11.9 Å². The number of carbonyl (C=O) groups excluding carboxylic acids is 2. The molecule has 2 amide bonds. The van der Waals surface area contributed by atoms with Crippen molar-refractivity contribution < 1.29 is 23.6 Å². The summed E-state index contributed by atoms with van der Waals surface area (Å²) in [7, 11) is 0. The first-order valence-corrected chi connectivity index (χ1v) is 10.1. The van der Waals surface area contributed by atoms with Gasteiger partial charge < -0.3 is 10.1 Å². The van der Waals surface area contributed by atoms with Crippen LogP contribution < -0.4 is 20.9 Å². The van der Waals surface area contributed by atoms with E-state index in [1.165, 1.54) is 49.4 Å². The van der Waals surface area contributed by atoms with Crippen molar-refractivity contribution in [3.8, 4) is 5.75 Å². The minimum atomic E-state index is -1.04. The first kappa shape index (κ1) is 23.9. The summed E-state index contributed by atoms with van der Waals surface area (Å²) in [6.07, 6.45) is -1.04. The average molecular weight is 464 g/mol. The number of hydrogen-bond donors (Lipinski definition) is 3. The number of hydrazine groups is 1. The summed E-state index contributed by atoms with van der Waals surface area (Å²) in [4.78, 5) is 35.2. The molecule has 0 heterocycles. The fourth-order valence-corrected chi connectivity index (χ4v) is 2.85. The van der Waals surface area contributed by atoms with E-state index in [1.807, 2.05) is 0 Å². The van der Waals surface area contributed by atoms with Gasteiger partial charge in [0.05, 0.1) is 10.6 Å². The number of nitro groups is 1. The van der Waals surface area contributed by atoms with Crippen molar-refractivity contribution in [2.75, 3.05) is 5.32 Å². The molecule has 1 atom stereocenters. The van der Waals surface area contributed by atoms with Crippen molar-refractivity contribution in [3.05, 3.63) is 106 Å². The minimum absolute atomic E-state index is 0.0291. The van der Waals surface area contributed by atoms with Crippen LogP contribution in [0.2, 0.25) is 0 Å². The number of para-hydroxylation sites is 2. The molecule has 3 N–H and O–H groups in total. The van der Waals surface area contributed by atoms with E-state index >= 15 is 0 Å². The second kappa shape index (κ2) is 10.7. The van der Waals surface area contributed by atoms with Crippen molar-refractivity contribution in [3.63, 3.8) is 0 Å². The van der Waals surface area contributed by atoms with Crippen LogP contribution in [0.1, 0.15) is 22.8 Å². The zero-order valence-electron chi connectivity index (χ0n) is 18.1. The van der Waals surface area contributed by atoms with Gasteiger partial charge in [-0.2, -0.15) is 0 Å². The highest BCUT2D eigenvalue weighted by Crippen LogP contribution is 2.26. The molecule has 0 spiro atoms. The summed E-state index contributed by atoms with van der Waals surface area (Å²) in [6.45, 7) is 5.30. The molecule has 9 nitrogen and oxygen atoms in total. The molecule has 10 heteroatoms. The van der Waals surface area contributed by atoms with Crippen molar-refractivity contribution in [1.29, 1.82) is 0 Å². The van der Waals surface area contributed by atoms with Gasteiger partial charge >= 0.3 is 5.69 Å². The number of hydrogen-bond acceptors (Lipinski definition) is 6. The van der Waals surface area contributed by atoms with Crippen LogP contribution in [0.25, 0.3) is 5.70 Å². The maximum atomic E-state index is 13.0. The number of anilines is 1. The molecule has 0 saturated carbocycles. The molecule has 0 fully saturated rings. The van der Waals surface area contributed by atoms with E-state index in [2.05, 4.69) is 22.7 Å². The number of amides is 2. The monoisotopic (exact) mass is 464 g/mol. The molecule has 0 aliphatic heterocycles. The Bertz CT molecular complexity index is 1230. The lowest BCUT2D eigenvalue weighted by Crippen LogP contribution is -2.43. The Balaban J connectivity index is 1.57. The number of rotatable bonds is 9. The lowest BCUT2D eigenvalue weighted by atomic mass is 10.1. The number of ether oxygens (including phenoxy) is 1. The Morgan fingerprint density at radius 1 is 1.00 bits per heavy atom. The molecule has 34 heavy (non-hydrogen) atoms. The van der Waals surface area contributed by atoms with Gasteiger partial charge in [0.2, 0.25) is 0 Å². The summed E-state index contributed by atoms with van der Waals surface area (Å²) < 4.78 is 18.5. The van der Waals surface area contributed by atoms with Crippen LogP contribution in [0.3, 0.4) is 0 Å². The smallest absolute Gasteiger partial charge is 0.310 e. The number of nitro benzene ring substituents is 1. The molecule has 0 radical (unpaired) electrons. The van der Waals surface area contributed by atoms with Gasteiger partial charge in [0.1, 0.15) is 5.82 Å². The zero-order chi connectivity index (χ0) is 24.7. The van der Waals surface area contributed by atoms with E-state index < -0.39 is 28.7 Å². The van der Waals surface area contributed by atoms with Crippen LogP contribution in [-0.2, 0) is 4.79 Å². The molecule has 3 rings (SSSR count). The number of nitrogens with one attached hydrogen (secondary N) is 3. The highest BCUT2D eigenvalue weighted by atomic mass is 19.1. The predicted octanol–water partition coefficient (Wildman–Crippen LogP) is 4.05. The quantitative estimate of drug-likeness (QED) is 0.324. The number of halogens is 1. The first-order valence-electron chi connectivity index (χ1n) is 10.1. The van der Waals surface area contributed by atoms with Crippen molar-refractivity contribution in [1.82, 2.24) is 10.9 Å². The number of benzene rings is 3. The van der Waals surface area contributed by atoms with Gasteiger partial charge in [-0.25, -0.2) is 4.39 Å². The lowest BCUT2D eigenvalue weighted by Gasteiger charge is -2.17. The van der Waals surface area contributed by atoms with E-state index in [0.29, 0.717) is 22.5 Å². The van der Waals surface area contributed by atoms with Crippen LogP contribution in [0.15, 0.2) is 79.4 Å². The van der Waals surface area contributed by atoms with Gasteiger partial charge in [0.25, 0.3) is 11.8 Å². The van der Waals surface area contributed by atoms with Gasteiger partial charge in [0, 0.05) is 22.9 Å². The van der Waals surface area contributed by atoms with Gasteiger partial charge in [-0.1, -0.05) is 30.8 Å². The third-order valence-corrected chi connectivity index (χ3v) is 4.65. The standard InChI is InChI=1S/C24H21FN4O5/c1-15(27-28-23(30)16(2)34-22-9-4-3-8-21(22)29(32)33)18-6-5-7-20(14-18)26-24(31)17-10-12-19(25)13-11-17/h3-14,16,27H,1H2,2H3,(H,26,31)(H,28,30). The van der Waals surface area contributed by atoms with Crippen molar-refractivity contribution in [2.24, 2.45) is 0 Å². The maximum absolute atomic E-state index is 13.0. The summed E-state index contributed by atoms with van der Waals surface area (Å²) in [5, 5.41) is 13.8. The molecule has 1 unspecified atom stereocenters. The highest BCUT2D eigenvalue weighted by Gasteiger charge is 2.20. The molecular formula is C24H21FN4O5. The Morgan fingerprint density at radius 2 is 1.71 bits per heavy atom. The summed E-state index contributed by atoms with van der Waals surface area (Å²) in [5.41, 5.74) is 6.50. The lowest BCUT2D eigenvalue weighted by molar-refractivity contribution is -0.386. The Labute approximate surface area is 194 Å². The SMILES string of the molecule is C=C(NNC(=O)C(C)Oc1ccccc1[N+](=O)[O-])c1cccc(NC(=O)c2ccc(F)cc2)c1. The zero-order valence-corrected chi connectivity index (χ0v) is 18.1. The summed E-state index contributed by atoms with van der Waals surface area (Å²) in [5.74, 6) is -1.46. The molecule has 0 aliphatic carbocycles. The van der Waals surface area contributed by atoms with E-state index in [4.69, 9.17) is 4.74 Å². The fourth-order valence-electron chi connectivity index (χ4n) is 2.85. The van der Waals surface area contributed by atoms with Crippen LogP contribution >= 0.6 is 0 Å². The van der Waals surface area contributed by atoms with Gasteiger partial charge in [-0.15, -0.1) is 0 Å². The molecule has 0 saturated heterocycles. The highest BCUT2D eigenvalue weighted by molar-refractivity contribution is 6.04. The van der Waals surface area contributed by atoms with Gasteiger partial charge in [-0.05, 0) is 49.4 Å². The summed E-state index contributed by atoms with van der Waals surface area (Å²) >= 11 is 0. The molecule has 0 bridgehead atoms. The topological polar surface area (TPSA) is 123 Å². The summed E-state index contributed by atoms with van der Waals surface area (Å²) in [6, 6.07) is 17.6. The molecule has 3 aromatic carbocycles. The normalized spacial score (nSPS) is 11.1. The molecule has 174 valence electrons. The van der Waals surface area contributed by atoms with Crippen LogP contribution in [0.5, 0.6) is 5.75 Å². The number of carbonyl (C=O) groups is 2. The van der Waals surface area contributed by atoms with E-state index in [0.717, 1.165) is 0 Å². The van der Waals surface area contributed by atoms with Gasteiger partial charge in [-0.3, -0.25) is 30.6 Å². The minimum Gasteiger partial charge on any atom is -0.474 e. The second-order valence-corrected chi connectivity index (χ2v) is 7.12. The molecular weight excluding hydrogens is 443 g/mol. The maximum Gasteiger partial charge on any atom is 0.310 e. The predicted molar refractivity (Wildman–Crippen MR) is 124 cm³/mol. The Morgan fingerprint density at radius 3 is 2.41 bits per heavy atom. The Kier molecular flexibility index (Phi) is 7.55. The van der Waals surface area contributed by atoms with E-state index in [9.17, 15) is 24.1 Å². The van der Waals surface area contributed by atoms with Crippen LogP contribution in [-0.4, -0.2) is 22.8 Å². The molecule has 3 aromatic rings. The Hall–Kier alpha value is -4.73. The van der Waals surface area contributed by atoms with E-state index in [-0.39, 0.29) is 11.4 Å². The van der Waals surface area contributed by atoms with Crippen molar-refractivity contribution in [2.45, 2.75) is 13.0 Å². The fraction of sp³-hybridized carbons (Fsp3) is 0.0833. The molecule has 0 aliphatic rings. The largest absolute Gasteiger partial charge is 0.474 e. The van der Waals surface area contributed by atoms with E-state index in [1.54, 1.807) is 30.3 Å². The first-order chi connectivity index (χ1) is 16.2. The second-order valence-electron chi connectivity index (χ2n) is 7.12. The van der Waals surface area contributed by atoms with Crippen molar-refractivity contribution >= 4 is 28.9 Å². The molecule has 0 aromatic heterocycles. The van der Waals surface area contributed by atoms with Crippen LogP contribution in [0.4, 0.5) is 15.8 Å². The average Bonchev–Trinajstić information content (AvgIpc) is 2.83. The third kappa shape index (κ3) is 6.16. The third-order valence-electron chi connectivity index (χ3n) is 4.65.